The summed E-state index contributed by atoms with van der Waals surface area (Å²) in [5.41, 5.74) is 2.05. The van der Waals surface area contributed by atoms with E-state index in [0.29, 0.717) is 6.42 Å². The number of hydrogen-bond acceptors (Lipinski definition) is 3. The molecule has 1 unspecified atom stereocenters. The van der Waals surface area contributed by atoms with E-state index in [4.69, 9.17) is 5.26 Å². The van der Waals surface area contributed by atoms with Gasteiger partial charge >= 0.3 is 0 Å². The van der Waals surface area contributed by atoms with E-state index < -0.39 is 0 Å². The number of nitrogens with zero attached hydrogens (tertiary/aromatic N) is 2. The standard InChI is InChI=1S/C11H15N3/c1-9(6-7-12)13-8-11-5-3-4-10(2)14-11/h3-5,9,13H,6,8H2,1-2H3. The Labute approximate surface area is 84.8 Å². The van der Waals surface area contributed by atoms with Crippen LogP contribution in [0.3, 0.4) is 0 Å². The van der Waals surface area contributed by atoms with Gasteiger partial charge in [0.15, 0.2) is 0 Å². The fraction of sp³-hybridized carbons (Fsp3) is 0.455. The summed E-state index contributed by atoms with van der Waals surface area (Å²) >= 11 is 0. The molecule has 3 nitrogen and oxygen atoms in total. The minimum Gasteiger partial charge on any atom is -0.308 e. The molecule has 1 aromatic heterocycles. The molecule has 1 rings (SSSR count). The summed E-state index contributed by atoms with van der Waals surface area (Å²) in [6.45, 7) is 4.70. The van der Waals surface area contributed by atoms with Crippen LogP contribution in [-0.4, -0.2) is 11.0 Å². The topological polar surface area (TPSA) is 48.7 Å². The van der Waals surface area contributed by atoms with Crippen LogP contribution in [-0.2, 0) is 6.54 Å². The summed E-state index contributed by atoms with van der Waals surface area (Å²) in [5.74, 6) is 0. The van der Waals surface area contributed by atoms with Crippen molar-refractivity contribution in [3.63, 3.8) is 0 Å². The van der Waals surface area contributed by atoms with Crippen LogP contribution in [0.5, 0.6) is 0 Å². The number of rotatable bonds is 4. The Morgan fingerprint density at radius 3 is 3.00 bits per heavy atom. The summed E-state index contributed by atoms with van der Waals surface area (Å²) in [4.78, 5) is 4.36. The molecule has 0 saturated heterocycles. The maximum atomic E-state index is 8.47. The molecule has 1 aromatic rings. The third kappa shape index (κ3) is 3.55. The minimum atomic E-state index is 0.224. The van der Waals surface area contributed by atoms with E-state index in [1.54, 1.807) is 0 Å². The fourth-order valence-corrected chi connectivity index (χ4v) is 1.19. The highest BCUT2D eigenvalue weighted by Gasteiger charge is 2.00. The van der Waals surface area contributed by atoms with Gasteiger partial charge in [-0.25, -0.2) is 0 Å². The molecule has 1 heterocycles. The highest BCUT2D eigenvalue weighted by molar-refractivity contribution is 5.09. The van der Waals surface area contributed by atoms with Crippen LogP contribution in [0.15, 0.2) is 18.2 Å². The van der Waals surface area contributed by atoms with Gasteiger partial charge in [0.25, 0.3) is 0 Å². The van der Waals surface area contributed by atoms with Gasteiger partial charge < -0.3 is 5.32 Å². The van der Waals surface area contributed by atoms with Gasteiger partial charge in [0.2, 0.25) is 0 Å². The number of nitrogens with one attached hydrogen (secondary N) is 1. The van der Waals surface area contributed by atoms with E-state index >= 15 is 0 Å². The molecule has 0 bridgehead atoms. The van der Waals surface area contributed by atoms with Crippen molar-refractivity contribution < 1.29 is 0 Å². The quantitative estimate of drug-likeness (QED) is 0.785. The van der Waals surface area contributed by atoms with E-state index in [2.05, 4.69) is 16.4 Å². The first kappa shape index (κ1) is 10.7. The van der Waals surface area contributed by atoms with Crippen molar-refractivity contribution in [2.24, 2.45) is 0 Å². The van der Waals surface area contributed by atoms with E-state index in [9.17, 15) is 0 Å². The molecule has 0 aromatic carbocycles. The maximum absolute atomic E-state index is 8.47. The third-order valence-electron chi connectivity index (χ3n) is 1.98. The van der Waals surface area contributed by atoms with Crippen LogP contribution in [0.2, 0.25) is 0 Å². The molecule has 0 aliphatic rings. The summed E-state index contributed by atoms with van der Waals surface area (Å²) in [6, 6.07) is 8.31. The second-order valence-electron chi connectivity index (χ2n) is 3.41. The first-order valence-electron chi connectivity index (χ1n) is 4.75. The molecule has 0 spiro atoms. The monoisotopic (exact) mass is 189 g/mol. The SMILES string of the molecule is Cc1cccc(CNC(C)CC#N)n1. The molecule has 0 saturated carbocycles. The molecule has 0 fully saturated rings. The van der Waals surface area contributed by atoms with Crippen molar-refractivity contribution in [1.82, 2.24) is 10.3 Å². The van der Waals surface area contributed by atoms with Crippen molar-refractivity contribution in [1.29, 1.82) is 5.26 Å². The lowest BCUT2D eigenvalue weighted by atomic mass is 10.2. The van der Waals surface area contributed by atoms with E-state index in [0.717, 1.165) is 17.9 Å². The maximum Gasteiger partial charge on any atom is 0.0638 e. The van der Waals surface area contributed by atoms with Gasteiger partial charge in [0.05, 0.1) is 18.2 Å². The Bertz CT molecular complexity index is 328. The lowest BCUT2D eigenvalue weighted by Gasteiger charge is -2.09. The van der Waals surface area contributed by atoms with Gasteiger partial charge in [-0.15, -0.1) is 0 Å². The molecule has 0 radical (unpaired) electrons. The normalized spacial score (nSPS) is 12.1. The number of hydrogen-bond donors (Lipinski definition) is 1. The lowest BCUT2D eigenvalue weighted by Crippen LogP contribution is -2.25. The Morgan fingerprint density at radius 1 is 1.57 bits per heavy atom. The second-order valence-corrected chi connectivity index (χ2v) is 3.41. The van der Waals surface area contributed by atoms with Crippen LogP contribution in [0.25, 0.3) is 0 Å². The molecule has 74 valence electrons. The zero-order valence-corrected chi connectivity index (χ0v) is 8.62. The first-order chi connectivity index (χ1) is 6.72. The molecule has 0 amide bonds. The smallest absolute Gasteiger partial charge is 0.0638 e. The lowest BCUT2D eigenvalue weighted by molar-refractivity contribution is 0.551. The molecule has 1 atom stereocenters. The summed E-state index contributed by atoms with van der Waals surface area (Å²) in [6.07, 6.45) is 0.534. The predicted octanol–water partition coefficient (Wildman–Crippen LogP) is 1.78. The first-order valence-corrected chi connectivity index (χ1v) is 4.75. The van der Waals surface area contributed by atoms with Crippen molar-refractivity contribution in [3.8, 4) is 6.07 Å². The number of aryl methyl sites for hydroxylation is 1. The fourth-order valence-electron chi connectivity index (χ4n) is 1.19. The van der Waals surface area contributed by atoms with Crippen molar-refractivity contribution >= 4 is 0 Å². The third-order valence-corrected chi connectivity index (χ3v) is 1.98. The van der Waals surface area contributed by atoms with Crippen LogP contribution in [0.1, 0.15) is 24.7 Å². The Kier molecular flexibility index (Phi) is 4.09. The van der Waals surface area contributed by atoms with Crippen LogP contribution in [0.4, 0.5) is 0 Å². The van der Waals surface area contributed by atoms with Crippen molar-refractivity contribution in [2.45, 2.75) is 32.9 Å². The molecule has 0 aliphatic heterocycles. The van der Waals surface area contributed by atoms with Crippen molar-refractivity contribution in [3.05, 3.63) is 29.6 Å². The molecular formula is C11H15N3. The van der Waals surface area contributed by atoms with Crippen molar-refractivity contribution in [2.75, 3.05) is 0 Å². The zero-order chi connectivity index (χ0) is 10.4. The van der Waals surface area contributed by atoms with Gasteiger partial charge in [-0.1, -0.05) is 6.07 Å². The molecule has 1 N–H and O–H groups in total. The second kappa shape index (κ2) is 5.36. The van der Waals surface area contributed by atoms with E-state index in [-0.39, 0.29) is 6.04 Å². The highest BCUT2D eigenvalue weighted by atomic mass is 14.9. The van der Waals surface area contributed by atoms with Crippen LogP contribution in [0, 0.1) is 18.3 Å². The zero-order valence-electron chi connectivity index (χ0n) is 8.62. The van der Waals surface area contributed by atoms with E-state index in [1.165, 1.54) is 0 Å². The Morgan fingerprint density at radius 2 is 2.36 bits per heavy atom. The van der Waals surface area contributed by atoms with E-state index in [1.807, 2.05) is 32.0 Å². The molecule has 0 aliphatic carbocycles. The largest absolute Gasteiger partial charge is 0.308 e. The van der Waals surface area contributed by atoms with Crippen LogP contribution < -0.4 is 5.32 Å². The van der Waals surface area contributed by atoms with Gasteiger partial charge in [0, 0.05) is 18.3 Å². The van der Waals surface area contributed by atoms with Crippen LogP contribution >= 0.6 is 0 Å². The minimum absolute atomic E-state index is 0.224. The molecular weight excluding hydrogens is 174 g/mol. The van der Waals surface area contributed by atoms with Gasteiger partial charge in [-0.3, -0.25) is 4.98 Å². The number of aromatic nitrogens is 1. The summed E-state index contributed by atoms with van der Waals surface area (Å²) in [7, 11) is 0. The highest BCUT2D eigenvalue weighted by Crippen LogP contribution is 1.98. The predicted molar refractivity (Wildman–Crippen MR) is 55.5 cm³/mol. The molecule has 14 heavy (non-hydrogen) atoms. The van der Waals surface area contributed by atoms with Gasteiger partial charge in [0.1, 0.15) is 0 Å². The average molecular weight is 189 g/mol. The Hall–Kier alpha value is -1.40. The summed E-state index contributed by atoms with van der Waals surface area (Å²) in [5, 5.41) is 11.7. The average Bonchev–Trinajstić information content (AvgIpc) is 2.15. The number of pyridine rings is 1. The number of nitriles is 1. The van der Waals surface area contributed by atoms with Gasteiger partial charge in [-0.2, -0.15) is 5.26 Å². The summed E-state index contributed by atoms with van der Waals surface area (Å²) < 4.78 is 0. The Balaban J connectivity index is 2.42. The molecule has 3 heteroatoms. The van der Waals surface area contributed by atoms with Gasteiger partial charge in [-0.05, 0) is 26.0 Å².